The molecule has 0 spiro atoms. The lowest BCUT2D eigenvalue weighted by molar-refractivity contribution is 0.669. The third-order valence-electron chi connectivity index (χ3n) is 10.7. The van der Waals surface area contributed by atoms with Gasteiger partial charge in [0.2, 0.25) is 0 Å². The van der Waals surface area contributed by atoms with E-state index in [2.05, 4.69) is 176 Å². The Kier molecular flexibility index (Phi) is 7.14. The van der Waals surface area contributed by atoms with Crippen LogP contribution in [-0.2, 0) is 0 Å². The van der Waals surface area contributed by atoms with Gasteiger partial charge in [0, 0.05) is 27.5 Å². The van der Waals surface area contributed by atoms with E-state index in [4.69, 9.17) is 19.4 Å². The fourth-order valence-electron chi connectivity index (χ4n) is 7.82. The quantitative estimate of drug-likeness (QED) is 0.179. The molecule has 0 fully saturated rings. The molecule has 4 nitrogen and oxygen atoms in total. The molecule has 0 amide bonds. The van der Waals surface area contributed by atoms with Crippen molar-refractivity contribution in [2.45, 2.75) is 0 Å². The number of rotatable bonds is 5. The van der Waals surface area contributed by atoms with E-state index >= 15 is 0 Å². The van der Waals surface area contributed by atoms with Gasteiger partial charge in [0.25, 0.3) is 0 Å². The van der Waals surface area contributed by atoms with Crippen molar-refractivity contribution in [3.05, 3.63) is 188 Å². The molecule has 0 unspecified atom stereocenters. The highest BCUT2D eigenvalue weighted by molar-refractivity contribution is 6.12. The van der Waals surface area contributed by atoms with Gasteiger partial charge >= 0.3 is 0 Å². The molecule has 0 aliphatic rings. The maximum atomic E-state index is 6.55. The number of furan rings is 1. The molecule has 0 aliphatic heterocycles. The van der Waals surface area contributed by atoms with E-state index in [0.717, 1.165) is 60.7 Å². The molecule has 2 aromatic heterocycles. The zero-order valence-corrected chi connectivity index (χ0v) is 29.6. The minimum atomic E-state index is 0.596. The van der Waals surface area contributed by atoms with E-state index in [9.17, 15) is 0 Å². The first-order chi connectivity index (χ1) is 27.2. The molecule has 0 saturated heterocycles. The van der Waals surface area contributed by atoms with Crippen LogP contribution in [0.2, 0.25) is 0 Å². The highest BCUT2D eigenvalue weighted by Gasteiger charge is 2.19. The van der Waals surface area contributed by atoms with Crippen molar-refractivity contribution in [3.8, 4) is 56.4 Å². The number of nitrogens with zero attached hydrogens (tertiary/aromatic N) is 3. The zero-order valence-electron chi connectivity index (χ0n) is 29.6. The molecule has 256 valence electrons. The van der Waals surface area contributed by atoms with Gasteiger partial charge in [-0.15, -0.1) is 0 Å². The first-order valence-corrected chi connectivity index (χ1v) is 18.5. The molecular formula is C51H31N3O. The molecule has 0 saturated carbocycles. The van der Waals surface area contributed by atoms with Crippen LogP contribution in [0.25, 0.3) is 111 Å². The van der Waals surface area contributed by atoms with Gasteiger partial charge in [0.05, 0.1) is 0 Å². The highest BCUT2D eigenvalue weighted by Crippen LogP contribution is 2.39. The molecule has 0 aliphatic carbocycles. The van der Waals surface area contributed by atoms with E-state index in [1.54, 1.807) is 0 Å². The fourth-order valence-corrected chi connectivity index (χ4v) is 7.82. The van der Waals surface area contributed by atoms with Gasteiger partial charge in [-0.2, -0.15) is 0 Å². The van der Waals surface area contributed by atoms with Crippen LogP contribution in [-0.4, -0.2) is 15.0 Å². The van der Waals surface area contributed by atoms with Crippen molar-refractivity contribution < 1.29 is 4.42 Å². The van der Waals surface area contributed by atoms with E-state index in [1.165, 1.54) is 32.5 Å². The van der Waals surface area contributed by atoms with Crippen molar-refractivity contribution in [1.29, 1.82) is 0 Å². The van der Waals surface area contributed by atoms with Gasteiger partial charge in [0.15, 0.2) is 17.5 Å². The van der Waals surface area contributed by atoms with Gasteiger partial charge in [-0.1, -0.05) is 152 Å². The average molecular weight is 702 g/mol. The fraction of sp³-hybridized carbons (Fsp3) is 0. The average Bonchev–Trinajstić information content (AvgIpc) is 3.64. The second-order valence-corrected chi connectivity index (χ2v) is 14.1. The van der Waals surface area contributed by atoms with E-state index in [1.807, 2.05) is 12.1 Å². The molecule has 4 heteroatoms. The van der Waals surface area contributed by atoms with E-state index < -0.39 is 0 Å². The Balaban J connectivity index is 1.05. The summed E-state index contributed by atoms with van der Waals surface area (Å²) in [7, 11) is 0. The summed E-state index contributed by atoms with van der Waals surface area (Å²) in [6.45, 7) is 0. The monoisotopic (exact) mass is 701 g/mol. The normalized spacial score (nSPS) is 11.6. The Bertz CT molecular complexity index is 3270. The number of benzene rings is 9. The first-order valence-electron chi connectivity index (χ1n) is 18.5. The van der Waals surface area contributed by atoms with Crippen molar-refractivity contribution >= 4 is 54.3 Å². The highest BCUT2D eigenvalue weighted by atomic mass is 16.3. The maximum absolute atomic E-state index is 6.55. The minimum Gasteiger partial charge on any atom is -0.456 e. The van der Waals surface area contributed by atoms with Crippen molar-refractivity contribution in [3.63, 3.8) is 0 Å². The Morgan fingerprint density at radius 3 is 1.38 bits per heavy atom. The molecule has 2 heterocycles. The largest absolute Gasteiger partial charge is 0.456 e. The van der Waals surface area contributed by atoms with Crippen LogP contribution < -0.4 is 0 Å². The van der Waals surface area contributed by atoms with Crippen LogP contribution in [0.15, 0.2) is 192 Å². The summed E-state index contributed by atoms with van der Waals surface area (Å²) < 4.78 is 6.55. The number of aromatic nitrogens is 3. The molecule has 11 aromatic rings. The summed E-state index contributed by atoms with van der Waals surface area (Å²) in [5, 5.41) is 9.19. The van der Waals surface area contributed by atoms with Gasteiger partial charge in [-0.05, 0) is 91.0 Å². The van der Waals surface area contributed by atoms with Crippen LogP contribution in [0.1, 0.15) is 0 Å². The third kappa shape index (κ3) is 5.51. The predicted molar refractivity (Wildman–Crippen MR) is 227 cm³/mol. The minimum absolute atomic E-state index is 0.596. The Labute approximate surface area is 317 Å². The van der Waals surface area contributed by atoms with Crippen LogP contribution in [0, 0.1) is 0 Å². The predicted octanol–water partition coefficient (Wildman–Crippen LogP) is 13.6. The Hall–Kier alpha value is -7.43. The SMILES string of the molecule is c1ccc2cc(-c3ccc(-c4nc(-c5ccc6ccccc6c5)nc(-c5cccc6oc7cc(-c8ccc9ccccc9c8)ccc7c56)n4)cc3)ccc2c1. The molecule has 0 atom stereocenters. The second kappa shape index (κ2) is 12.6. The van der Waals surface area contributed by atoms with Crippen LogP contribution in [0.5, 0.6) is 0 Å². The molecule has 0 radical (unpaired) electrons. The smallest absolute Gasteiger partial charge is 0.164 e. The lowest BCUT2D eigenvalue weighted by atomic mass is 9.99. The molecule has 11 rings (SSSR count). The summed E-state index contributed by atoms with van der Waals surface area (Å²) >= 11 is 0. The lowest BCUT2D eigenvalue weighted by Gasteiger charge is -2.11. The Morgan fingerprint density at radius 1 is 0.291 bits per heavy atom. The van der Waals surface area contributed by atoms with Crippen molar-refractivity contribution in [2.75, 3.05) is 0 Å². The van der Waals surface area contributed by atoms with Gasteiger partial charge in [0.1, 0.15) is 11.2 Å². The zero-order chi connectivity index (χ0) is 36.3. The van der Waals surface area contributed by atoms with Gasteiger partial charge in [-0.25, -0.2) is 15.0 Å². The van der Waals surface area contributed by atoms with Gasteiger partial charge in [-0.3, -0.25) is 0 Å². The van der Waals surface area contributed by atoms with Crippen LogP contribution in [0.3, 0.4) is 0 Å². The third-order valence-corrected chi connectivity index (χ3v) is 10.7. The van der Waals surface area contributed by atoms with Crippen molar-refractivity contribution in [1.82, 2.24) is 15.0 Å². The number of hydrogen-bond acceptors (Lipinski definition) is 4. The molecule has 55 heavy (non-hydrogen) atoms. The number of hydrogen-bond donors (Lipinski definition) is 0. The second-order valence-electron chi connectivity index (χ2n) is 14.1. The molecule has 9 aromatic carbocycles. The standard InChI is InChI=1S/C51H31N3O/c1-4-11-37-28-40(23-18-32(37)8-1)35-16-21-36(22-17-35)49-52-50(43-25-20-34-10-3-6-13-39(34)30-43)54-51(53-49)45-14-7-15-46-48(45)44-27-26-42(31-47(44)55-46)41-24-19-33-9-2-5-12-38(33)29-41/h1-31H. The summed E-state index contributed by atoms with van der Waals surface area (Å²) in [5.74, 6) is 1.83. The van der Waals surface area contributed by atoms with E-state index in [-0.39, 0.29) is 0 Å². The van der Waals surface area contributed by atoms with Gasteiger partial charge < -0.3 is 4.42 Å². The summed E-state index contributed by atoms with van der Waals surface area (Å²) in [6.07, 6.45) is 0. The number of fused-ring (bicyclic) bond motifs is 6. The lowest BCUT2D eigenvalue weighted by Crippen LogP contribution is -2.00. The first kappa shape index (κ1) is 31.1. The van der Waals surface area contributed by atoms with Crippen LogP contribution >= 0.6 is 0 Å². The van der Waals surface area contributed by atoms with E-state index in [0.29, 0.717) is 17.5 Å². The molecule has 0 bridgehead atoms. The Morgan fingerprint density at radius 2 is 0.745 bits per heavy atom. The molecule has 0 N–H and O–H groups in total. The molecular weight excluding hydrogens is 671 g/mol. The topological polar surface area (TPSA) is 51.8 Å². The summed E-state index contributed by atoms with van der Waals surface area (Å²) in [4.78, 5) is 15.4. The van der Waals surface area contributed by atoms with Crippen molar-refractivity contribution in [2.24, 2.45) is 0 Å². The maximum Gasteiger partial charge on any atom is 0.164 e. The van der Waals surface area contributed by atoms with Crippen LogP contribution in [0.4, 0.5) is 0 Å². The summed E-state index contributed by atoms with van der Waals surface area (Å²) in [6, 6.07) is 65.9. The summed E-state index contributed by atoms with van der Waals surface area (Å²) in [5.41, 5.74) is 8.91.